The largest absolute Gasteiger partial charge is 0.509 e. The highest BCUT2D eigenvalue weighted by Gasteiger charge is 2.31. The van der Waals surface area contributed by atoms with E-state index in [1.807, 2.05) is 0 Å². The minimum absolute atomic E-state index is 0.105. The Labute approximate surface area is 242 Å². The maximum Gasteiger partial charge on any atom is 0.509 e. The van der Waals surface area contributed by atoms with Crippen LogP contribution in [0.4, 0.5) is 4.79 Å². The number of hydrogen-bond donors (Lipinski definition) is 1. The van der Waals surface area contributed by atoms with E-state index in [0.717, 1.165) is 45.8 Å². The number of carbonyl (C=O) groups excluding carboxylic acids is 4. The number of rotatable bonds is 22. The smallest absolute Gasteiger partial charge is 0.430 e. The molecule has 1 unspecified atom stereocenters. The topological polar surface area (TPSA) is 189 Å². The van der Waals surface area contributed by atoms with Crippen LogP contribution in [-0.2, 0) is 43.5 Å². The van der Waals surface area contributed by atoms with Crippen molar-refractivity contribution >= 4 is 24.2 Å². The molecule has 1 aromatic rings. The number of carbonyl (C=O) groups is 2. The molecule has 1 amide bonds. The summed E-state index contributed by atoms with van der Waals surface area (Å²) in [6, 6.07) is 0. The van der Waals surface area contributed by atoms with E-state index in [4.69, 9.17) is 4.74 Å². The third-order valence-corrected chi connectivity index (χ3v) is 6.81. The molecule has 1 fully saturated rings. The summed E-state index contributed by atoms with van der Waals surface area (Å²) in [5.41, 5.74) is -1.87. The second-order valence-electron chi connectivity index (χ2n) is 9.95. The van der Waals surface area contributed by atoms with Gasteiger partial charge in [0.1, 0.15) is 6.61 Å². The first-order chi connectivity index (χ1) is 20.4. The van der Waals surface area contributed by atoms with Crippen molar-refractivity contribution in [3.63, 3.8) is 0 Å². The van der Waals surface area contributed by atoms with Crippen molar-refractivity contribution in [1.29, 1.82) is 0 Å². The van der Waals surface area contributed by atoms with E-state index in [1.165, 1.54) is 12.2 Å². The van der Waals surface area contributed by atoms with Gasteiger partial charge in [-0.15, -0.1) is 0 Å². The van der Waals surface area contributed by atoms with Crippen LogP contribution < -0.4 is 22.4 Å². The number of ether oxygens (including phenoxy) is 2. The number of aliphatic imine (C=N–C) groups is 2. The first-order valence-corrected chi connectivity index (χ1v) is 14.5. The Bertz CT molecular complexity index is 1220. The molecule has 1 atom stereocenters. The number of aromatic nitrogens is 3. The summed E-state index contributed by atoms with van der Waals surface area (Å²) < 4.78 is 12.7. The molecule has 0 radical (unpaired) electrons. The molecular weight excluding hydrogens is 552 g/mol. The monoisotopic (exact) mass is 592 g/mol. The molecule has 232 valence electrons. The molecule has 1 saturated heterocycles. The lowest BCUT2D eigenvalue weighted by atomic mass is 10.2. The number of cyclic esters (lactones) is 2. The molecule has 15 heteroatoms. The zero-order chi connectivity index (χ0) is 30.6. The molecule has 1 aliphatic rings. The lowest BCUT2D eigenvalue weighted by Gasteiger charge is -2.14. The fraction of sp³-hybridized carbons (Fsp3) is 0.741. The summed E-state index contributed by atoms with van der Waals surface area (Å²) in [7, 11) is 0. The molecule has 1 aliphatic heterocycles. The SMILES string of the molecule is O=C=NCCCCCCn1c(=O)n(CCCCCCN=C=O)c(=O)n(CCCCCCNC(=O)C2COC(=O)O2)c1=O. The van der Waals surface area contributed by atoms with Crippen molar-refractivity contribution < 1.29 is 28.7 Å². The Hall–Kier alpha value is -4.09. The number of nitrogens with zero attached hydrogens (tertiary/aromatic N) is 5. The van der Waals surface area contributed by atoms with Crippen LogP contribution in [-0.4, -0.2) is 70.3 Å². The average molecular weight is 593 g/mol. The van der Waals surface area contributed by atoms with Gasteiger partial charge in [-0.2, -0.15) is 0 Å². The molecule has 0 aliphatic carbocycles. The molecule has 0 aromatic carbocycles. The summed E-state index contributed by atoms with van der Waals surface area (Å²) in [5, 5.41) is 2.68. The van der Waals surface area contributed by atoms with Crippen LogP contribution in [0.15, 0.2) is 24.4 Å². The van der Waals surface area contributed by atoms with Gasteiger partial charge in [0, 0.05) is 26.2 Å². The second-order valence-corrected chi connectivity index (χ2v) is 9.95. The highest BCUT2D eigenvalue weighted by Crippen LogP contribution is 2.07. The van der Waals surface area contributed by atoms with Crippen molar-refractivity contribution in [2.75, 3.05) is 26.2 Å². The van der Waals surface area contributed by atoms with Gasteiger partial charge in [0.2, 0.25) is 18.3 Å². The van der Waals surface area contributed by atoms with E-state index < -0.39 is 35.2 Å². The van der Waals surface area contributed by atoms with Gasteiger partial charge in [-0.3, -0.25) is 4.79 Å². The Kier molecular flexibility index (Phi) is 16.2. The summed E-state index contributed by atoms with van der Waals surface area (Å²) >= 11 is 0. The van der Waals surface area contributed by atoms with Crippen LogP contribution in [0.5, 0.6) is 0 Å². The van der Waals surface area contributed by atoms with Crippen molar-refractivity contribution in [3.05, 3.63) is 31.5 Å². The molecule has 15 nitrogen and oxygen atoms in total. The first-order valence-electron chi connectivity index (χ1n) is 14.5. The molecule has 1 aromatic heterocycles. The van der Waals surface area contributed by atoms with E-state index in [-0.39, 0.29) is 26.2 Å². The van der Waals surface area contributed by atoms with E-state index in [1.54, 1.807) is 0 Å². The fourth-order valence-corrected chi connectivity index (χ4v) is 4.51. The Morgan fingerprint density at radius 1 is 0.690 bits per heavy atom. The highest BCUT2D eigenvalue weighted by atomic mass is 16.8. The molecule has 2 rings (SSSR count). The summed E-state index contributed by atoms with van der Waals surface area (Å²) in [5.74, 6) is -0.417. The van der Waals surface area contributed by atoms with E-state index >= 15 is 0 Å². The Morgan fingerprint density at radius 3 is 1.52 bits per heavy atom. The lowest BCUT2D eigenvalue weighted by molar-refractivity contribution is -0.127. The van der Waals surface area contributed by atoms with Crippen LogP contribution in [0.3, 0.4) is 0 Å². The van der Waals surface area contributed by atoms with Crippen LogP contribution in [0, 0.1) is 0 Å². The van der Waals surface area contributed by atoms with E-state index in [9.17, 15) is 33.6 Å². The quantitative estimate of drug-likeness (QED) is 0.0891. The van der Waals surface area contributed by atoms with Crippen LogP contribution in [0.25, 0.3) is 0 Å². The maximum absolute atomic E-state index is 13.2. The van der Waals surface area contributed by atoms with Gasteiger partial charge < -0.3 is 14.8 Å². The van der Waals surface area contributed by atoms with Gasteiger partial charge in [0.25, 0.3) is 5.91 Å². The van der Waals surface area contributed by atoms with Crippen LogP contribution in [0.1, 0.15) is 77.0 Å². The number of nitrogens with one attached hydrogen (secondary N) is 1. The zero-order valence-corrected chi connectivity index (χ0v) is 23.9. The predicted molar refractivity (Wildman–Crippen MR) is 150 cm³/mol. The van der Waals surface area contributed by atoms with Crippen molar-refractivity contribution in [2.24, 2.45) is 9.98 Å². The normalized spacial score (nSPS) is 14.0. The molecular formula is C27H40N6O9. The van der Waals surface area contributed by atoms with Gasteiger partial charge >= 0.3 is 23.2 Å². The van der Waals surface area contributed by atoms with Gasteiger partial charge in [-0.25, -0.2) is 52.5 Å². The Balaban J connectivity index is 1.94. The van der Waals surface area contributed by atoms with E-state index in [0.29, 0.717) is 64.6 Å². The molecule has 1 N–H and O–H groups in total. The van der Waals surface area contributed by atoms with Crippen LogP contribution >= 0.6 is 0 Å². The lowest BCUT2D eigenvalue weighted by Crippen LogP contribution is -2.54. The van der Waals surface area contributed by atoms with Gasteiger partial charge in [-0.05, 0) is 38.5 Å². The summed E-state index contributed by atoms with van der Waals surface area (Å²) in [6.07, 6.45) is 9.36. The van der Waals surface area contributed by atoms with E-state index in [2.05, 4.69) is 20.0 Å². The zero-order valence-electron chi connectivity index (χ0n) is 23.9. The highest BCUT2D eigenvalue weighted by molar-refractivity contribution is 5.84. The van der Waals surface area contributed by atoms with Crippen LogP contribution in [0.2, 0.25) is 0 Å². The number of isocyanates is 2. The number of unbranched alkanes of at least 4 members (excludes halogenated alkanes) is 9. The second kappa shape index (κ2) is 19.9. The molecule has 0 bridgehead atoms. The minimum Gasteiger partial charge on any atom is -0.430 e. The predicted octanol–water partition coefficient (Wildman–Crippen LogP) is 1.18. The van der Waals surface area contributed by atoms with Gasteiger partial charge in [-0.1, -0.05) is 38.5 Å². The molecule has 0 saturated carbocycles. The Morgan fingerprint density at radius 2 is 1.12 bits per heavy atom. The molecule has 0 spiro atoms. The average Bonchev–Trinajstić information content (AvgIpc) is 3.42. The third kappa shape index (κ3) is 11.8. The number of amides is 1. The summed E-state index contributed by atoms with van der Waals surface area (Å²) in [6.45, 7) is 1.58. The molecule has 2 heterocycles. The van der Waals surface area contributed by atoms with Crippen molar-refractivity contribution in [2.45, 2.75) is 103 Å². The maximum atomic E-state index is 13.2. The summed E-state index contributed by atoms with van der Waals surface area (Å²) in [4.78, 5) is 89.7. The van der Waals surface area contributed by atoms with Crippen molar-refractivity contribution in [3.8, 4) is 0 Å². The van der Waals surface area contributed by atoms with Crippen molar-refractivity contribution in [1.82, 2.24) is 19.0 Å². The first kappa shape index (κ1) is 34.1. The third-order valence-electron chi connectivity index (χ3n) is 6.81. The van der Waals surface area contributed by atoms with Gasteiger partial charge in [0.15, 0.2) is 0 Å². The standard InChI is InChI=1S/C27H40N6O9/c34-20-28-13-7-1-4-10-16-31-24(37)32(17-11-5-2-8-14-29-21-35)26(39)33(25(31)38)18-12-6-3-9-15-30-23(36)22-19-41-27(40)42-22/h22H,1-19H2,(H,30,36). The fourth-order valence-electron chi connectivity index (χ4n) is 4.51. The molecule has 42 heavy (non-hydrogen) atoms. The number of hydrogen-bond acceptors (Lipinski definition) is 11. The van der Waals surface area contributed by atoms with Gasteiger partial charge in [0.05, 0.1) is 13.1 Å². The minimum atomic E-state index is -0.935.